The van der Waals surface area contributed by atoms with Gasteiger partial charge in [0.05, 0.1) is 19.8 Å². The second kappa shape index (κ2) is 6.04. The molecule has 1 atom stereocenters. The van der Waals surface area contributed by atoms with Gasteiger partial charge in [0.15, 0.2) is 6.04 Å². The summed E-state index contributed by atoms with van der Waals surface area (Å²) >= 11 is 0. The summed E-state index contributed by atoms with van der Waals surface area (Å²) in [5.74, 6) is -0.456. The minimum absolute atomic E-state index is 0.151. The van der Waals surface area contributed by atoms with Crippen LogP contribution in [0, 0.1) is 0 Å². The van der Waals surface area contributed by atoms with Gasteiger partial charge in [0.2, 0.25) is 0 Å². The monoisotopic (exact) mass is 259 g/mol. The van der Waals surface area contributed by atoms with Crippen LogP contribution in [0.5, 0.6) is 0 Å². The number of rotatable bonds is 2. The van der Waals surface area contributed by atoms with Crippen LogP contribution in [0.2, 0.25) is 0 Å². The Hall–Kier alpha value is -1.30. The fraction of sp³-hybridized carbons (Fsp3) is 0.833. The highest BCUT2D eigenvalue weighted by molar-refractivity contribution is 5.82. The van der Waals surface area contributed by atoms with Gasteiger partial charge in [-0.2, -0.15) is 0 Å². The smallest absolute Gasteiger partial charge is 0.411 e. The van der Waals surface area contributed by atoms with Crippen molar-refractivity contribution in [2.24, 2.45) is 0 Å². The van der Waals surface area contributed by atoms with Crippen molar-refractivity contribution in [3.05, 3.63) is 0 Å². The van der Waals surface area contributed by atoms with E-state index in [1.165, 1.54) is 4.90 Å². The minimum Gasteiger partial charge on any atom is -0.464 e. The molecule has 1 aliphatic heterocycles. The van der Waals surface area contributed by atoms with Crippen LogP contribution in [-0.2, 0) is 19.0 Å². The summed E-state index contributed by atoms with van der Waals surface area (Å²) in [4.78, 5) is 25.1. The molecule has 1 rings (SSSR count). The SMILES string of the molecule is CCOC(=O)C1COCCN1C(=O)OC(C)(C)C. The normalized spacial score (nSPS) is 20.4. The van der Waals surface area contributed by atoms with E-state index in [4.69, 9.17) is 14.2 Å². The van der Waals surface area contributed by atoms with Gasteiger partial charge in [0, 0.05) is 6.54 Å². The Balaban J connectivity index is 2.70. The average Bonchev–Trinajstić information content (AvgIpc) is 2.27. The molecule has 0 aliphatic carbocycles. The number of hydrogen-bond acceptors (Lipinski definition) is 5. The Morgan fingerprint density at radius 2 is 2.06 bits per heavy atom. The third-order valence-electron chi connectivity index (χ3n) is 2.32. The largest absolute Gasteiger partial charge is 0.464 e. The molecule has 0 N–H and O–H groups in total. The van der Waals surface area contributed by atoms with E-state index in [0.29, 0.717) is 13.2 Å². The summed E-state index contributed by atoms with van der Waals surface area (Å²) < 4.78 is 15.4. The molecule has 0 aromatic carbocycles. The van der Waals surface area contributed by atoms with Gasteiger partial charge < -0.3 is 14.2 Å². The summed E-state index contributed by atoms with van der Waals surface area (Å²) in [6.07, 6.45) is -0.510. The number of carbonyl (C=O) groups excluding carboxylic acids is 2. The highest BCUT2D eigenvalue weighted by Crippen LogP contribution is 2.15. The second-order valence-electron chi connectivity index (χ2n) is 5.02. The zero-order chi connectivity index (χ0) is 13.8. The van der Waals surface area contributed by atoms with Crippen LogP contribution in [0.4, 0.5) is 4.79 Å². The van der Waals surface area contributed by atoms with Crippen molar-refractivity contribution in [1.29, 1.82) is 0 Å². The molecule has 6 nitrogen and oxygen atoms in total. The van der Waals surface area contributed by atoms with E-state index in [1.54, 1.807) is 27.7 Å². The third-order valence-corrected chi connectivity index (χ3v) is 2.32. The van der Waals surface area contributed by atoms with Gasteiger partial charge in [-0.05, 0) is 27.7 Å². The van der Waals surface area contributed by atoms with Gasteiger partial charge in [-0.15, -0.1) is 0 Å². The van der Waals surface area contributed by atoms with Crippen molar-refractivity contribution < 1.29 is 23.8 Å². The van der Waals surface area contributed by atoms with Gasteiger partial charge in [-0.25, -0.2) is 9.59 Å². The number of ether oxygens (including phenoxy) is 3. The molecule has 0 bridgehead atoms. The lowest BCUT2D eigenvalue weighted by Crippen LogP contribution is -2.54. The van der Waals surface area contributed by atoms with Crippen molar-refractivity contribution in [1.82, 2.24) is 4.90 Å². The van der Waals surface area contributed by atoms with E-state index >= 15 is 0 Å². The molecular formula is C12H21NO5. The van der Waals surface area contributed by atoms with Gasteiger partial charge in [-0.1, -0.05) is 0 Å². The molecule has 1 aliphatic rings. The van der Waals surface area contributed by atoms with E-state index in [9.17, 15) is 9.59 Å². The Kier molecular flexibility index (Phi) is 4.95. The van der Waals surface area contributed by atoms with E-state index in [2.05, 4.69) is 0 Å². The van der Waals surface area contributed by atoms with Crippen LogP contribution >= 0.6 is 0 Å². The minimum atomic E-state index is -0.714. The maximum atomic E-state index is 12.0. The molecule has 1 unspecified atom stereocenters. The molecule has 104 valence electrons. The van der Waals surface area contributed by atoms with Crippen molar-refractivity contribution in [2.75, 3.05) is 26.4 Å². The molecule has 1 heterocycles. The van der Waals surface area contributed by atoms with Crippen molar-refractivity contribution in [3.63, 3.8) is 0 Å². The van der Waals surface area contributed by atoms with E-state index in [0.717, 1.165) is 0 Å². The first-order chi connectivity index (χ1) is 8.35. The Bertz CT molecular complexity index is 310. The molecule has 0 aromatic heterocycles. The topological polar surface area (TPSA) is 65.1 Å². The lowest BCUT2D eigenvalue weighted by molar-refractivity contribution is -0.155. The van der Waals surface area contributed by atoms with Gasteiger partial charge in [0.1, 0.15) is 5.60 Å². The number of nitrogens with zero attached hydrogens (tertiary/aromatic N) is 1. The lowest BCUT2D eigenvalue weighted by atomic mass is 10.2. The fourth-order valence-electron chi connectivity index (χ4n) is 1.58. The first kappa shape index (κ1) is 14.8. The first-order valence-corrected chi connectivity index (χ1v) is 6.09. The van der Waals surface area contributed by atoms with Crippen LogP contribution in [-0.4, -0.2) is 55.0 Å². The summed E-state index contributed by atoms with van der Waals surface area (Å²) in [6, 6.07) is -0.714. The van der Waals surface area contributed by atoms with Crippen molar-refractivity contribution in [3.8, 4) is 0 Å². The maximum Gasteiger partial charge on any atom is 0.411 e. The van der Waals surface area contributed by atoms with Crippen LogP contribution < -0.4 is 0 Å². The molecule has 18 heavy (non-hydrogen) atoms. The second-order valence-corrected chi connectivity index (χ2v) is 5.02. The predicted octanol–water partition coefficient (Wildman–Crippen LogP) is 1.19. The zero-order valence-electron chi connectivity index (χ0n) is 11.4. The summed E-state index contributed by atoms with van der Waals surface area (Å²) in [6.45, 7) is 8.22. The van der Waals surface area contributed by atoms with Gasteiger partial charge >= 0.3 is 12.1 Å². The van der Waals surface area contributed by atoms with E-state index in [1.807, 2.05) is 0 Å². The zero-order valence-corrected chi connectivity index (χ0v) is 11.4. The van der Waals surface area contributed by atoms with Crippen LogP contribution in [0.3, 0.4) is 0 Å². The van der Waals surface area contributed by atoms with E-state index < -0.39 is 23.7 Å². The average molecular weight is 259 g/mol. The van der Waals surface area contributed by atoms with Crippen LogP contribution in [0.1, 0.15) is 27.7 Å². The molecule has 0 radical (unpaired) electrons. The molecule has 0 spiro atoms. The Labute approximate surface area is 107 Å². The molecule has 1 saturated heterocycles. The highest BCUT2D eigenvalue weighted by Gasteiger charge is 2.36. The standard InChI is InChI=1S/C12H21NO5/c1-5-17-10(14)9-8-16-7-6-13(9)11(15)18-12(2,3)4/h9H,5-8H2,1-4H3. The molecule has 0 saturated carbocycles. The lowest BCUT2D eigenvalue weighted by Gasteiger charge is -2.35. The van der Waals surface area contributed by atoms with Gasteiger partial charge in [0.25, 0.3) is 0 Å². The molecular weight excluding hydrogens is 238 g/mol. The maximum absolute atomic E-state index is 12.0. The molecule has 0 aromatic rings. The molecule has 1 amide bonds. The summed E-state index contributed by atoms with van der Waals surface area (Å²) in [7, 11) is 0. The summed E-state index contributed by atoms with van der Waals surface area (Å²) in [5, 5.41) is 0. The van der Waals surface area contributed by atoms with E-state index in [-0.39, 0.29) is 13.2 Å². The van der Waals surface area contributed by atoms with Crippen molar-refractivity contribution in [2.45, 2.75) is 39.3 Å². The molecule has 6 heteroatoms. The van der Waals surface area contributed by atoms with Crippen LogP contribution in [0.25, 0.3) is 0 Å². The number of amides is 1. The highest BCUT2D eigenvalue weighted by atomic mass is 16.6. The van der Waals surface area contributed by atoms with Gasteiger partial charge in [-0.3, -0.25) is 4.90 Å². The molecule has 1 fully saturated rings. The number of carbonyl (C=O) groups is 2. The number of hydrogen-bond donors (Lipinski definition) is 0. The predicted molar refractivity (Wildman–Crippen MR) is 64.2 cm³/mol. The van der Waals surface area contributed by atoms with Crippen molar-refractivity contribution >= 4 is 12.1 Å². The third kappa shape index (κ3) is 4.18. The number of morpholine rings is 1. The summed E-state index contributed by atoms with van der Waals surface area (Å²) in [5.41, 5.74) is -0.589. The quantitative estimate of drug-likeness (QED) is 0.697. The first-order valence-electron chi connectivity index (χ1n) is 6.09. The number of esters is 1. The Morgan fingerprint density at radius 1 is 1.39 bits per heavy atom. The Morgan fingerprint density at radius 3 is 2.61 bits per heavy atom. The fourth-order valence-corrected chi connectivity index (χ4v) is 1.58. The van der Waals surface area contributed by atoms with Crippen LogP contribution in [0.15, 0.2) is 0 Å².